The number of fused-ring (bicyclic) bond motifs is 1. The fourth-order valence-corrected chi connectivity index (χ4v) is 3.13. The molecule has 1 aliphatic rings. The molecule has 1 fully saturated rings. The number of imidazole rings is 1. The molecular weight excluding hydrogens is 370 g/mol. The summed E-state index contributed by atoms with van der Waals surface area (Å²) in [7, 11) is 0. The number of nitrogens with zero attached hydrogens (tertiary/aromatic N) is 4. The fourth-order valence-electron chi connectivity index (χ4n) is 3.13. The Labute approximate surface area is 164 Å². The van der Waals surface area contributed by atoms with E-state index in [-0.39, 0.29) is 11.6 Å². The lowest BCUT2D eigenvalue weighted by Gasteiger charge is -2.07. The van der Waals surface area contributed by atoms with E-state index in [1.165, 1.54) is 0 Å². The van der Waals surface area contributed by atoms with Crippen LogP contribution >= 0.6 is 0 Å². The Hall–Kier alpha value is -3.88. The van der Waals surface area contributed by atoms with Gasteiger partial charge in [-0.2, -0.15) is 9.61 Å². The third kappa shape index (κ3) is 3.49. The number of hydrogen-bond donors (Lipinski definition) is 4. The molecule has 9 heteroatoms. The number of nitrogens with one attached hydrogen (secondary N) is 3. The van der Waals surface area contributed by atoms with Crippen LogP contribution in [0.3, 0.4) is 0 Å². The molecule has 0 bridgehead atoms. The smallest absolute Gasteiger partial charge is 0.326 e. The van der Waals surface area contributed by atoms with Gasteiger partial charge < -0.3 is 15.4 Å². The second-order valence-corrected chi connectivity index (χ2v) is 7.18. The number of aromatic nitrogens is 5. The van der Waals surface area contributed by atoms with Crippen LogP contribution in [0, 0.1) is 6.92 Å². The highest BCUT2D eigenvalue weighted by atomic mass is 16.3. The maximum Gasteiger partial charge on any atom is 0.326 e. The molecule has 3 aromatic heterocycles. The molecule has 0 amide bonds. The summed E-state index contributed by atoms with van der Waals surface area (Å²) in [6.07, 6.45) is 5.40. The van der Waals surface area contributed by atoms with E-state index < -0.39 is 5.69 Å². The highest BCUT2D eigenvalue weighted by molar-refractivity contribution is 5.61. The highest BCUT2D eigenvalue weighted by Gasteiger charge is 2.20. The van der Waals surface area contributed by atoms with Gasteiger partial charge in [0.1, 0.15) is 11.5 Å². The van der Waals surface area contributed by atoms with Crippen molar-refractivity contribution < 1.29 is 5.11 Å². The van der Waals surface area contributed by atoms with Crippen molar-refractivity contribution in [2.24, 2.45) is 4.99 Å². The lowest BCUT2D eigenvalue weighted by Crippen LogP contribution is -2.19. The summed E-state index contributed by atoms with van der Waals surface area (Å²) in [4.78, 5) is 25.7. The molecule has 0 saturated heterocycles. The van der Waals surface area contributed by atoms with E-state index in [9.17, 15) is 9.90 Å². The van der Waals surface area contributed by atoms with Crippen molar-refractivity contribution in [3.8, 4) is 5.88 Å². The van der Waals surface area contributed by atoms with Gasteiger partial charge in [-0.25, -0.2) is 9.78 Å². The van der Waals surface area contributed by atoms with E-state index in [4.69, 9.17) is 9.98 Å². The Morgan fingerprint density at radius 3 is 2.90 bits per heavy atom. The summed E-state index contributed by atoms with van der Waals surface area (Å²) in [6.45, 7) is 2.03. The minimum absolute atomic E-state index is 0.230. The predicted molar refractivity (Wildman–Crippen MR) is 108 cm³/mol. The van der Waals surface area contributed by atoms with Crippen LogP contribution in [0.25, 0.3) is 11.7 Å². The average Bonchev–Trinajstić information content (AvgIpc) is 3.31. The van der Waals surface area contributed by atoms with Crippen molar-refractivity contribution in [3.05, 3.63) is 69.0 Å². The van der Waals surface area contributed by atoms with Crippen molar-refractivity contribution >= 4 is 23.2 Å². The second kappa shape index (κ2) is 6.62. The molecule has 146 valence electrons. The number of aryl methyl sites for hydroxylation is 1. The maximum atomic E-state index is 11.4. The molecular formula is C20H19N7O2. The first-order chi connectivity index (χ1) is 14.0. The molecule has 3 heterocycles. The topological polar surface area (TPSA) is 123 Å². The van der Waals surface area contributed by atoms with Gasteiger partial charge in [0, 0.05) is 17.0 Å². The molecule has 1 aromatic carbocycles. The minimum atomic E-state index is -0.482. The molecule has 1 saturated carbocycles. The quantitative estimate of drug-likeness (QED) is 0.416. The first-order valence-corrected chi connectivity index (χ1v) is 9.34. The van der Waals surface area contributed by atoms with Crippen molar-refractivity contribution in [2.45, 2.75) is 25.8 Å². The summed E-state index contributed by atoms with van der Waals surface area (Å²) in [5.74, 6) is 0.413. The monoisotopic (exact) mass is 389 g/mol. The lowest BCUT2D eigenvalue weighted by molar-refractivity contribution is 0.454. The van der Waals surface area contributed by atoms with Gasteiger partial charge in [0.15, 0.2) is 11.1 Å². The first-order valence-electron chi connectivity index (χ1n) is 9.34. The van der Waals surface area contributed by atoms with E-state index in [2.05, 4.69) is 20.4 Å². The van der Waals surface area contributed by atoms with E-state index in [1.807, 2.05) is 37.3 Å². The molecule has 0 aliphatic heterocycles. The summed E-state index contributed by atoms with van der Waals surface area (Å²) >= 11 is 0. The zero-order chi connectivity index (χ0) is 20.0. The Kier molecular flexibility index (Phi) is 3.94. The van der Waals surface area contributed by atoms with E-state index >= 15 is 0 Å². The van der Waals surface area contributed by atoms with Gasteiger partial charge >= 0.3 is 5.69 Å². The molecule has 0 radical (unpaired) electrons. The second-order valence-electron chi connectivity index (χ2n) is 7.18. The van der Waals surface area contributed by atoms with Gasteiger partial charge in [0.05, 0.1) is 12.2 Å². The largest absolute Gasteiger partial charge is 0.493 e. The van der Waals surface area contributed by atoms with Gasteiger partial charge in [-0.05, 0) is 43.5 Å². The number of aromatic hydroxyl groups is 1. The normalized spacial score (nSPS) is 15.3. The van der Waals surface area contributed by atoms with Crippen LogP contribution in [0.1, 0.15) is 24.1 Å². The van der Waals surface area contributed by atoms with E-state index in [1.54, 1.807) is 16.8 Å². The van der Waals surface area contributed by atoms with Crippen molar-refractivity contribution in [3.63, 3.8) is 0 Å². The summed E-state index contributed by atoms with van der Waals surface area (Å²) in [5, 5.41) is 18.3. The summed E-state index contributed by atoms with van der Waals surface area (Å²) in [6, 6.07) is 10.2. The van der Waals surface area contributed by atoms with Crippen molar-refractivity contribution in [2.75, 3.05) is 5.32 Å². The van der Waals surface area contributed by atoms with Gasteiger partial charge in [-0.15, -0.1) is 0 Å². The van der Waals surface area contributed by atoms with Gasteiger partial charge in [0.25, 0.3) is 0 Å². The molecule has 9 nitrogen and oxygen atoms in total. The number of anilines is 2. The van der Waals surface area contributed by atoms with E-state index in [0.29, 0.717) is 28.2 Å². The van der Waals surface area contributed by atoms with Crippen LogP contribution in [0.2, 0.25) is 0 Å². The van der Waals surface area contributed by atoms with Gasteiger partial charge in [0.2, 0.25) is 5.88 Å². The number of aromatic amines is 2. The minimum Gasteiger partial charge on any atom is -0.493 e. The van der Waals surface area contributed by atoms with Crippen LogP contribution in [0.5, 0.6) is 5.88 Å². The third-order valence-electron chi connectivity index (χ3n) is 4.67. The molecule has 0 unspecified atom stereocenters. The average molecular weight is 389 g/mol. The Bertz CT molecular complexity index is 1390. The van der Waals surface area contributed by atoms with Gasteiger partial charge in [-0.3, -0.25) is 9.98 Å². The summed E-state index contributed by atoms with van der Waals surface area (Å²) in [5.41, 5.74) is 3.14. The molecule has 0 atom stereocenters. The summed E-state index contributed by atoms with van der Waals surface area (Å²) < 4.78 is 1.67. The number of hydrogen-bond acceptors (Lipinski definition) is 6. The Morgan fingerprint density at radius 1 is 1.31 bits per heavy atom. The number of rotatable bonds is 4. The van der Waals surface area contributed by atoms with E-state index in [0.717, 1.165) is 24.1 Å². The Balaban J connectivity index is 1.68. The Morgan fingerprint density at radius 2 is 2.17 bits per heavy atom. The maximum absolute atomic E-state index is 11.4. The molecule has 1 aliphatic carbocycles. The zero-order valence-electron chi connectivity index (χ0n) is 15.7. The molecule has 4 aromatic rings. The lowest BCUT2D eigenvalue weighted by atomic mass is 10.2. The SMILES string of the molecule is Cc1cccc(Nc2cc(=NC3CC3)n3ncc(=Cc4[nH]c(=O)[nH]c4O)c3n2)c1. The van der Waals surface area contributed by atoms with Crippen molar-refractivity contribution in [1.29, 1.82) is 0 Å². The highest BCUT2D eigenvalue weighted by Crippen LogP contribution is 2.22. The van der Waals surface area contributed by atoms with Crippen LogP contribution in [0.15, 0.2) is 46.3 Å². The molecule has 0 spiro atoms. The van der Waals surface area contributed by atoms with Crippen LogP contribution in [-0.2, 0) is 0 Å². The van der Waals surface area contributed by atoms with Crippen LogP contribution < -0.4 is 21.7 Å². The molecule has 4 N–H and O–H groups in total. The standard InChI is InChI=1S/C20H19N7O2/c1-11-3-2-4-14(7-11)22-16-9-17(23-13-5-6-13)27-18(25-16)12(10-21-27)8-15-19(28)26-20(29)24-15/h2-4,7-10,13,22,28H,5-6H2,1H3,(H2,24,26,29). The molecule has 29 heavy (non-hydrogen) atoms. The number of benzene rings is 1. The third-order valence-corrected chi connectivity index (χ3v) is 4.67. The fraction of sp³-hybridized carbons (Fsp3) is 0.200. The van der Waals surface area contributed by atoms with Crippen LogP contribution in [-0.4, -0.2) is 35.7 Å². The first kappa shape index (κ1) is 17.2. The number of H-pyrrole nitrogens is 2. The van der Waals surface area contributed by atoms with Crippen molar-refractivity contribution in [1.82, 2.24) is 24.6 Å². The van der Waals surface area contributed by atoms with Gasteiger partial charge in [-0.1, -0.05) is 12.1 Å². The van der Waals surface area contributed by atoms with Crippen LogP contribution in [0.4, 0.5) is 11.5 Å². The zero-order valence-corrected chi connectivity index (χ0v) is 15.7. The predicted octanol–water partition coefficient (Wildman–Crippen LogP) is 1.11. The molecule has 5 rings (SSSR count).